The largest absolute Gasteiger partial charge is 0.468 e. The van der Waals surface area contributed by atoms with Crippen molar-refractivity contribution in [2.75, 3.05) is 26.1 Å². The molecule has 212 valence electrons. The molecule has 0 spiro atoms. The molecule has 1 aromatic carbocycles. The summed E-state index contributed by atoms with van der Waals surface area (Å²) in [6, 6.07) is 7.29. The van der Waals surface area contributed by atoms with Crippen LogP contribution in [0, 0.1) is 6.92 Å². The van der Waals surface area contributed by atoms with Gasteiger partial charge in [0.15, 0.2) is 35.0 Å². The minimum absolute atomic E-state index is 0.171. The van der Waals surface area contributed by atoms with Crippen LogP contribution in [0.2, 0.25) is 0 Å². The second-order valence-corrected chi connectivity index (χ2v) is 12.2. The van der Waals surface area contributed by atoms with E-state index in [1.54, 1.807) is 44.3 Å². The van der Waals surface area contributed by atoms with E-state index in [1.165, 1.54) is 24.9 Å². The van der Waals surface area contributed by atoms with Gasteiger partial charge in [-0.25, -0.2) is 28.8 Å². The smallest absolute Gasteiger partial charge is 0.323 e. The summed E-state index contributed by atoms with van der Waals surface area (Å²) in [5, 5.41) is 16.4. The van der Waals surface area contributed by atoms with Gasteiger partial charge in [-0.3, -0.25) is 9.36 Å². The summed E-state index contributed by atoms with van der Waals surface area (Å²) >= 11 is 5.53. The van der Waals surface area contributed by atoms with Crippen molar-refractivity contribution < 1.29 is 37.2 Å². The average Bonchev–Trinajstić information content (AvgIpc) is 3.39. The van der Waals surface area contributed by atoms with Gasteiger partial charge in [-0.2, -0.15) is 0 Å². The zero-order valence-electron chi connectivity index (χ0n) is 21.8. The lowest BCUT2D eigenvalue weighted by Gasteiger charge is -2.30. The Morgan fingerprint density at radius 1 is 1.33 bits per heavy atom. The highest BCUT2D eigenvalue weighted by Crippen LogP contribution is 2.52. The van der Waals surface area contributed by atoms with E-state index in [2.05, 4.69) is 25.4 Å². The van der Waals surface area contributed by atoms with Crippen LogP contribution in [-0.4, -0.2) is 75.0 Å². The highest BCUT2D eigenvalue weighted by Gasteiger charge is 2.65. The number of benzene rings is 1. The van der Waals surface area contributed by atoms with Crippen LogP contribution in [0.1, 0.15) is 25.9 Å². The summed E-state index contributed by atoms with van der Waals surface area (Å²) in [6.07, 6.45) is -2.76. The molecule has 0 radical (unpaired) electrons. The molecule has 12 nitrogen and oxygen atoms in total. The number of aliphatic hydroxyl groups excluding tert-OH is 1. The van der Waals surface area contributed by atoms with Gasteiger partial charge < -0.3 is 28.9 Å². The molecular weight excluding hydrogens is 557 g/mol. The molecule has 0 amide bonds. The van der Waals surface area contributed by atoms with E-state index < -0.39 is 49.1 Å². The quantitative estimate of drug-likeness (QED) is 0.238. The number of alkyl halides is 2. The van der Waals surface area contributed by atoms with E-state index in [-0.39, 0.29) is 11.4 Å². The van der Waals surface area contributed by atoms with Gasteiger partial charge in [0.2, 0.25) is 0 Å². The van der Waals surface area contributed by atoms with Gasteiger partial charge in [-0.1, -0.05) is 18.2 Å². The van der Waals surface area contributed by atoms with Crippen molar-refractivity contribution >= 4 is 41.4 Å². The first-order chi connectivity index (χ1) is 18.3. The number of anilines is 1. The lowest BCUT2D eigenvalue weighted by atomic mass is 9.97. The first-order valence-electron chi connectivity index (χ1n) is 11.8. The molecule has 1 aliphatic heterocycles. The van der Waals surface area contributed by atoms with Crippen LogP contribution in [0.4, 0.5) is 14.6 Å². The van der Waals surface area contributed by atoms with E-state index in [1.807, 2.05) is 0 Å². The number of methoxy groups -OCH3 is 1. The Balaban J connectivity index is 1.62. The molecule has 0 bridgehead atoms. The second-order valence-electron chi connectivity index (χ2n) is 9.05. The Morgan fingerprint density at radius 2 is 2.03 bits per heavy atom. The average molecular weight is 587 g/mol. The molecule has 3 N–H and O–H groups in total. The molecule has 3 heterocycles. The monoisotopic (exact) mass is 586 g/mol. The summed E-state index contributed by atoms with van der Waals surface area (Å²) in [7, 11) is 2.83. The molecule has 1 saturated heterocycles. The standard InChI is InChI=1S/C23H29F2N6O6PS/c1-13(19(32)34-5)30-38(39,37-15-9-7-6-8-10-15)35-11-23(25)20(33)22(3,24)21(36-23)31-12-27-16-17(26-4)28-14(2)29-18(16)31/h6-10,12-13,20-21,33H,11H2,1-5H3,(H,30,39)(H,26,28,29)/t13-,20-,21+,22+,23+,38+/m0/s1. The topological polar surface area (TPSA) is 142 Å². The third kappa shape index (κ3) is 5.74. The van der Waals surface area contributed by atoms with Gasteiger partial charge in [0.1, 0.15) is 24.2 Å². The van der Waals surface area contributed by atoms with Crippen LogP contribution in [0.25, 0.3) is 11.2 Å². The number of halogens is 2. The number of carbonyl (C=O) groups is 1. The van der Waals surface area contributed by atoms with Gasteiger partial charge in [-0.05, 0) is 44.7 Å². The number of carbonyl (C=O) groups excluding carboxylic acids is 1. The molecule has 4 rings (SSSR count). The Morgan fingerprint density at radius 3 is 2.67 bits per heavy atom. The fourth-order valence-electron chi connectivity index (χ4n) is 4.08. The van der Waals surface area contributed by atoms with Crippen molar-refractivity contribution in [1.29, 1.82) is 0 Å². The van der Waals surface area contributed by atoms with Crippen molar-refractivity contribution in [2.24, 2.45) is 0 Å². The van der Waals surface area contributed by atoms with Crippen LogP contribution < -0.4 is 14.9 Å². The number of aliphatic hydroxyl groups is 1. The number of imidazole rings is 1. The summed E-state index contributed by atoms with van der Waals surface area (Å²) in [4.78, 5) is 24.8. The molecule has 6 atom stereocenters. The Hall–Kier alpha value is -2.81. The van der Waals surface area contributed by atoms with Gasteiger partial charge in [0.05, 0.1) is 13.4 Å². The van der Waals surface area contributed by atoms with Gasteiger partial charge >= 0.3 is 12.6 Å². The van der Waals surface area contributed by atoms with Crippen LogP contribution in [0.3, 0.4) is 0 Å². The van der Waals surface area contributed by atoms with Gasteiger partial charge in [-0.15, -0.1) is 0 Å². The molecule has 0 aliphatic carbocycles. The summed E-state index contributed by atoms with van der Waals surface area (Å²) in [6.45, 7) is -0.629. The fourth-order valence-corrected chi connectivity index (χ4v) is 6.48. The van der Waals surface area contributed by atoms with E-state index in [9.17, 15) is 9.90 Å². The van der Waals surface area contributed by atoms with Crippen LogP contribution >= 0.6 is 6.64 Å². The third-order valence-electron chi connectivity index (χ3n) is 6.06. The van der Waals surface area contributed by atoms with Crippen molar-refractivity contribution in [2.45, 2.75) is 50.7 Å². The molecule has 1 fully saturated rings. The van der Waals surface area contributed by atoms with Crippen LogP contribution in [-0.2, 0) is 30.6 Å². The number of fused-ring (bicyclic) bond motifs is 1. The number of rotatable bonds is 10. The minimum atomic E-state index is -3.68. The van der Waals surface area contributed by atoms with Crippen molar-refractivity contribution in [3.05, 3.63) is 42.5 Å². The fraction of sp³-hybridized carbons (Fsp3) is 0.478. The highest BCUT2D eigenvalue weighted by molar-refractivity contribution is 8.09. The van der Waals surface area contributed by atoms with E-state index in [4.69, 9.17) is 30.3 Å². The van der Waals surface area contributed by atoms with E-state index in [0.717, 1.165) is 6.92 Å². The number of hydrogen-bond donors (Lipinski definition) is 3. The molecule has 0 saturated carbocycles. The molecular formula is C23H29F2N6O6PS. The molecule has 3 aromatic rings. The first-order valence-corrected chi connectivity index (χ1v) is 14.4. The normalized spacial score (nSPS) is 27.2. The van der Waals surface area contributed by atoms with Gasteiger partial charge in [0.25, 0.3) is 5.85 Å². The predicted molar refractivity (Wildman–Crippen MR) is 141 cm³/mol. The number of nitrogens with one attached hydrogen (secondary N) is 2. The van der Waals surface area contributed by atoms with Crippen LogP contribution in [0.15, 0.2) is 36.7 Å². The SMILES string of the molecule is CNc1nc(C)nc2c1ncn2[C@@H]1O[C@](F)(CO[P@](=S)(N[C@@H](C)C(=O)OC)Oc2ccccc2)[C@@H](O)[C@@]1(C)F. The van der Waals surface area contributed by atoms with E-state index in [0.29, 0.717) is 17.2 Å². The molecule has 1 aliphatic rings. The third-order valence-corrected chi connectivity index (χ3v) is 8.54. The summed E-state index contributed by atoms with van der Waals surface area (Å²) in [5.74, 6) is -2.72. The highest BCUT2D eigenvalue weighted by atomic mass is 32.5. The summed E-state index contributed by atoms with van der Waals surface area (Å²) < 4.78 is 55.0. The van der Waals surface area contributed by atoms with Crippen molar-refractivity contribution in [3.8, 4) is 5.75 Å². The number of aromatic nitrogens is 4. The lowest BCUT2D eigenvalue weighted by Crippen LogP contribution is -2.47. The van der Waals surface area contributed by atoms with Crippen molar-refractivity contribution in [3.63, 3.8) is 0 Å². The van der Waals surface area contributed by atoms with Crippen LogP contribution in [0.5, 0.6) is 5.75 Å². The number of hydrogen-bond acceptors (Lipinski definition) is 11. The number of aryl methyl sites for hydroxylation is 1. The first kappa shape index (κ1) is 29.2. The Kier molecular flexibility index (Phi) is 8.22. The number of ether oxygens (including phenoxy) is 2. The Bertz CT molecular complexity index is 1400. The number of para-hydroxylation sites is 1. The number of nitrogens with zero attached hydrogens (tertiary/aromatic N) is 4. The van der Waals surface area contributed by atoms with Gasteiger partial charge in [0, 0.05) is 7.05 Å². The lowest BCUT2D eigenvalue weighted by molar-refractivity contribution is -0.202. The van der Waals surface area contributed by atoms with E-state index >= 15 is 8.78 Å². The molecule has 2 aromatic heterocycles. The Labute approximate surface area is 228 Å². The zero-order chi connectivity index (χ0) is 28.6. The predicted octanol–water partition coefficient (Wildman–Crippen LogP) is 2.93. The molecule has 0 unspecified atom stereocenters. The number of esters is 1. The van der Waals surface area contributed by atoms with Crippen molar-refractivity contribution in [1.82, 2.24) is 24.6 Å². The maximum atomic E-state index is 16.2. The molecule has 39 heavy (non-hydrogen) atoms. The maximum Gasteiger partial charge on any atom is 0.323 e. The molecule has 16 heteroatoms. The second kappa shape index (κ2) is 11.0. The minimum Gasteiger partial charge on any atom is -0.468 e. The maximum absolute atomic E-state index is 16.2. The zero-order valence-corrected chi connectivity index (χ0v) is 23.5. The summed E-state index contributed by atoms with van der Waals surface area (Å²) in [5.41, 5.74) is -2.18.